The van der Waals surface area contributed by atoms with Gasteiger partial charge >= 0.3 is 19.5 Å². The van der Waals surface area contributed by atoms with E-state index in [1.54, 1.807) is 0 Å². The van der Waals surface area contributed by atoms with E-state index < -0.39 is 31.6 Å². The molecule has 0 aliphatic heterocycles. The van der Waals surface area contributed by atoms with Crippen LogP contribution in [0.5, 0.6) is 0 Å². The number of unbranched alkanes of at least 4 members (excludes halogenated alkanes) is 2. The summed E-state index contributed by atoms with van der Waals surface area (Å²) in [6, 6.07) is 0. The van der Waals surface area contributed by atoms with Crippen LogP contribution in [0.3, 0.4) is 0 Å². The molecule has 0 aliphatic carbocycles. The highest BCUT2D eigenvalue weighted by Crippen LogP contribution is 2.38. The van der Waals surface area contributed by atoms with Gasteiger partial charge in [-0.1, -0.05) is 32.8 Å². The van der Waals surface area contributed by atoms with Crippen molar-refractivity contribution in [1.82, 2.24) is 0 Å². The number of hydrogen-bond acceptors (Lipinski definition) is 5. The Morgan fingerprint density at radius 1 is 1.32 bits per heavy atom. The smallest absolute Gasteiger partial charge is 0.324 e. The van der Waals surface area contributed by atoms with Gasteiger partial charge in [0.25, 0.3) is 0 Å². The SMILES string of the molecule is C=CC(=O)OOC(=O)C(CCCCC)CP(=O)(O)O. The second-order valence-corrected chi connectivity index (χ2v) is 5.74. The maximum atomic E-state index is 11.6. The van der Waals surface area contributed by atoms with Crippen LogP contribution in [0.15, 0.2) is 12.7 Å². The molecule has 0 bridgehead atoms. The van der Waals surface area contributed by atoms with Crippen LogP contribution >= 0.6 is 7.60 Å². The molecule has 8 heteroatoms. The van der Waals surface area contributed by atoms with Crippen LogP contribution in [0, 0.1) is 5.92 Å². The molecule has 7 nitrogen and oxygen atoms in total. The normalized spacial score (nSPS) is 12.6. The van der Waals surface area contributed by atoms with Gasteiger partial charge in [0.15, 0.2) is 0 Å². The summed E-state index contributed by atoms with van der Waals surface area (Å²) in [6.45, 7) is 5.07. The van der Waals surface area contributed by atoms with Crippen molar-refractivity contribution in [2.24, 2.45) is 5.92 Å². The standard InChI is InChI=1S/C11H19O7P/c1-3-5-6-7-9(8-19(14,15)16)11(13)18-17-10(12)4-2/h4,9H,2-3,5-8H2,1H3,(H2,14,15,16). The van der Waals surface area contributed by atoms with Gasteiger partial charge in [-0.25, -0.2) is 19.4 Å². The highest BCUT2D eigenvalue weighted by atomic mass is 31.2. The van der Waals surface area contributed by atoms with Gasteiger partial charge in [0.05, 0.1) is 12.1 Å². The molecule has 19 heavy (non-hydrogen) atoms. The molecule has 110 valence electrons. The molecule has 0 aromatic rings. The molecular weight excluding hydrogens is 275 g/mol. The zero-order valence-corrected chi connectivity index (χ0v) is 11.7. The van der Waals surface area contributed by atoms with Crippen LogP contribution in [0.1, 0.15) is 32.6 Å². The maximum absolute atomic E-state index is 11.6. The number of carbonyl (C=O) groups excluding carboxylic acids is 2. The van der Waals surface area contributed by atoms with E-state index in [-0.39, 0.29) is 6.42 Å². The Morgan fingerprint density at radius 2 is 1.95 bits per heavy atom. The van der Waals surface area contributed by atoms with E-state index in [9.17, 15) is 14.2 Å². The van der Waals surface area contributed by atoms with Gasteiger partial charge in [0, 0.05) is 6.08 Å². The first-order valence-corrected chi connectivity index (χ1v) is 7.69. The van der Waals surface area contributed by atoms with Gasteiger partial charge in [-0.2, -0.15) is 0 Å². The summed E-state index contributed by atoms with van der Waals surface area (Å²) in [5, 5.41) is 0. The molecule has 1 unspecified atom stereocenters. The molecule has 0 rings (SSSR count). The molecule has 0 aliphatic rings. The fourth-order valence-electron chi connectivity index (χ4n) is 1.40. The predicted octanol–water partition coefficient (Wildman–Crippen LogP) is 1.55. The summed E-state index contributed by atoms with van der Waals surface area (Å²) in [6.07, 6.45) is 2.82. The lowest BCUT2D eigenvalue weighted by Gasteiger charge is -2.14. The number of hydrogen-bond donors (Lipinski definition) is 2. The fraction of sp³-hybridized carbons (Fsp3) is 0.636. The predicted molar refractivity (Wildman–Crippen MR) is 66.9 cm³/mol. The van der Waals surface area contributed by atoms with Crippen molar-refractivity contribution in [3.8, 4) is 0 Å². The Kier molecular flexibility index (Phi) is 8.30. The van der Waals surface area contributed by atoms with Crippen molar-refractivity contribution in [3.63, 3.8) is 0 Å². The van der Waals surface area contributed by atoms with Crippen LogP contribution in [0.4, 0.5) is 0 Å². The number of carbonyl (C=O) groups is 2. The largest absolute Gasteiger partial charge is 0.378 e. The van der Waals surface area contributed by atoms with Crippen molar-refractivity contribution in [1.29, 1.82) is 0 Å². The van der Waals surface area contributed by atoms with Gasteiger partial charge in [0.1, 0.15) is 0 Å². The third-order valence-corrected chi connectivity index (χ3v) is 3.24. The van der Waals surface area contributed by atoms with E-state index >= 15 is 0 Å². The first kappa shape index (κ1) is 17.8. The van der Waals surface area contributed by atoms with Crippen LogP contribution in [0.25, 0.3) is 0 Å². The first-order valence-electron chi connectivity index (χ1n) is 5.89. The second-order valence-electron chi connectivity index (χ2n) is 4.05. The lowest BCUT2D eigenvalue weighted by atomic mass is 10.0. The Labute approximate surface area is 111 Å². The van der Waals surface area contributed by atoms with Gasteiger partial charge in [0.2, 0.25) is 0 Å². The van der Waals surface area contributed by atoms with Crippen LogP contribution in [0.2, 0.25) is 0 Å². The van der Waals surface area contributed by atoms with Crippen molar-refractivity contribution in [2.75, 3.05) is 6.16 Å². The molecule has 0 spiro atoms. The van der Waals surface area contributed by atoms with E-state index in [1.807, 2.05) is 6.92 Å². The minimum atomic E-state index is -4.34. The molecule has 0 amide bonds. The third-order valence-electron chi connectivity index (χ3n) is 2.32. The lowest BCUT2D eigenvalue weighted by molar-refractivity contribution is -0.257. The molecule has 0 radical (unpaired) electrons. The van der Waals surface area contributed by atoms with E-state index in [4.69, 9.17) is 9.79 Å². The molecule has 0 fully saturated rings. The summed E-state index contributed by atoms with van der Waals surface area (Å²) in [4.78, 5) is 48.4. The monoisotopic (exact) mass is 294 g/mol. The van der Waals surface area contributed by atoms with Crippen LogP contribution in [-0.2, 0) is 23.9 Å². The van der Waals surface area contributed by atoms with Gasteiger partial charge in [-0.3, -0.25) is 4.57 Å². The van der Waals surface area contributed by atoms with Gasteiger partial charge in [-0.05, 0) is 6.42 Å². The zero-order chi connectivity index (χ0) is 14.9. The second kappa shape index (κ2) is 8.85. The summed E-state index contributed by atoms with van der Waals surface area (Å²) < 4.78 is 10.9. The molecule has 0 heterocycles. The van der Waals surface area contributed by atoms with E-state index in [1.165, 1.54) is 0 Å². The fourth-order valence-corrected chi connectivity index (χ4v) is 2.30. The lowest BCUT2D eigenvalue weighted by Crippen LogP contribution is -2.22. The van der Waals surface area contributed by atoms with E-state index in [2.05, 4.69) is 16.4 Å². The third kappa shape index (κ3) is 9.41. The maximum Gasteiger partial charge on any atom is 0.378 e. The molecule has 1 atom stereocenters. The highest BCUT2D eigenvalue weighted by Gasteiger charge is 2.29. The molecule has 0 saturated carbocycles. The average molecular weight is 294 g/mol. The Bertz CT molecular complexity index is 360. The van der Waals surface area contributed by atoms with E-state index in [0.717, 1.165) is 18.9 Å². The number of rotatable bonds is 8. The van der Waals surface area contributed by atoms with Crippen molar-refractivity contribution in [3.05, 3.63) is 12.7 Å². The molecule has 2 N–H and O–H groups in total. The molecule has 0 aromatic carbocycles. The summed E-state index contributed by atoms with van der Waals surface area (Å²) in [5.74, 6) is -2.91. The Hall–Kier alpha value is -1.17. The van der Waals surface area contributed by atoms with Crippen molar-refractivity contribution in [2.45, 2.75) is 32.6 Å². The zero-order valence-electron chi connectivity index (χ0n) is 10.8. The van der Waals surface area contributed by atoms with Gasteiger partial charge < -0.3 is 9.79 Å². The minimum Gasteiger partial charge on any atom is -0.324 e. The summed E-state index contributed by atoms with van der Waals surface area (Å²) in [7, 11) is -4.34. The molecule has 0 saturated heterocycles. The highest BCUT2D eigenvalue weighted by molar-refractivity contribution is 7.51. The average Bonchev–Trinajstić information content (AvgIpc) is 2.33. The van der Waals surface area contributed by atoms with E-state index in [0.29, 0.717) is 6.42 Å². The van der Waals surface area contributed by atoms with Gasteiger partial charge in [-0.15, -0.1) is 0 Å². The quantitative estimate of drug-likeness (QED) is 0.230. The minimum absolute atomic E-state index is 0.267. The van der Waals surface area contributed by atoms with Crippen molar-refractivity contribution < 1.29 is 33.7 Å². The van der Waals surface area contributed by atoms with Crippen LogP contribution < -0.4 is 0 Å². The summed E-state index contributed by atoms with van der Waals surface area (Å²) >= 11 is 0. The Balaban J connectivity index is 4.44. The molecular formula is C11H19O7P. The van der Waals surface area contributed by atoms with Crippen LogP contribution in [-0.4, -0.2) is 27.9 Å². The van der Waals surface area contributed by atoms with Crippen molar-refractivity contribution >= 4 is 19.5 Å². The topological polar surface area (TPSA) is 110 Å². The molecule has 0 aromatic heterocycles. The first-order chi connectivity index (χ1) is 8.80. The summed E-state index contributed by atoms with van der Waals surface area (Å²) in [5.41, 5.74) is 0. The Morgan fingerprint density at radius 3 is 2.42 bits per heavy atom.